The smallest absolute Gasteiger partial charge is 0.249 e. The summed E-state index contributed by atoms with van der Waals surface area (Å²) in [5.74, 6) is -0.404. The average molecular weight is 355 g/mol. The van der Waals surface area contributed by atoms with E-state index in [9.17, 15) is 4.79 Å². The number of carbonyl (C=O) groups is 1. The van der Waals surface area contributed by atoms with Gasteiger partial charge in [0.1, 0.15) is 0 Å². The summed E-state index contributed by atoms with van der Waals surface area (Å²) < 4.78 is 2.28. The molecule has 0 saturated carbocycles. The maximum atomic E-state index is 12.0. The molecule has 27 heavy (non-hydrogen) atoms. The summed E-state index contributed by atoms with van der Waals surface area (Å²) in [4.78, 5) is 12.0. The lowest BCUT2D eigenvalue weighted by molar-refractivity contribution is 0.100. The third-order valence-corrected chi connectivity index (χ3v) is 5.35. The van der Waals surface area contributed by atoms with E-state index in [4.69, 9.17) is 5.73 Å². The second-order valence-electron chi connectivity index (χ2n) is 7.20. The van der Waals surface area contributed by atoms with Crippen LogP contribution in [0.3, 0.4) is 0 Å². The van der Waals surface area contributed by atoms with Crippen molar-refractivity contribution in [1.82, 2.24) is 4.57 Å². The first-order chi connectivity index (χ1) is 13.0. The number of hydrogen-bond donors (Lipinski definition) is 1. The molecule has 3 heteroatoms. The van der Waals surface area contributed by atoms with Gasteiger partial charge in [0.05, 0.1) is 11.0 Å². The van der Waals surface area contributed by atoms with Crippen LogP contribution in [0.5, 0.6) is 0 Å². The Morgan fingerprint density at radius 1 is 1.11 bits per heavy atom. The third kappa shape index (κ3) is 2.89. The molecule has 135 valence electrons. The highest BCUT2D eigenvalue weighted by Crippen LogP contribution is 2.33. The predicted octanol–water partition coefficient (Wildman–Crippen LogP) is 4.92. The topological polar surface area (TPSA) is 48.0 Å². The van der Waals surface area contributed by atoms with E-state index >= 15 is 0 Å². The maximum Gasteiger partial charge on any atom is 0.249 e. The second-order valence-corrected chi connectivity index (χ2v) is 7.20. The Morgan fingerprint density at radius 3 is 2.63 bits per heavy atom. The number of nitrogens with two attached hydrogens (primary N) is 1. The van der Waals surface area contributed by atoms with E-state index in [0.29, 0.717) is 5.56 Å². The van der Waals surface area contributed by atoms with Gasteiger partial charge in [-0.05, 0) is 61.2 Å². The zero-order valence-electron chi connectivity index (χ0n) is 16.0. The molecule has 3 aromatic carbocycles. The van der Waals surface area contributed by atoms with Gasteiger partial charge in [0.2, 0.25) is 5.91 Å². The first-order valence-corrected chi connectivity index (χ1v) is 9.31. The van der Waals surface area contributed by atoms with E-state index < -0.39 is 5.91 Å². The van der Waals surface area contributed by atoms with Crippen LogP contribution in [-0.2, 0) is 13.0 Å². The number of aryl methyl sites for hydroxylation is 3. The summed E-state index contributed by atoms with van der Waals surface area (Å²) in [6, 6.07) is 19.9. The number of amides is 1. The van der Waals surface area contributed by atoms with Gasteiger partial charge < -0.3 is 10.3 Å². The monoisotopic (exact) mass is 355 g/mol. The fourth-order valence-electron chi connectivity index (χ4n) is 3.87. The summed E-state index contributed by atoms with van der Waals surface area (Å²) in [5, 5.41) is 1.86. The average Bonchev–Trinajstić information content (AvgIpc) is 2.97. The molecule has 0 aliphatic heterocycles. The molecule has 0 spiro atoms. The fraction of sp³-hybridized carbons (Fsp3) is 0.208. The highest BCUT2D eigenvalue weighted by atomic mass is 16.1. The van der Waals surface area contributed by atoms with Crippen LogP contribution in [0.25, 0.3) is 21.8 Å². The van der Waals surface area contributed by atoms with E-state index in [1.165, 1.54) is 22.3 Å². The Kier molecular flexibility index (Phi) is 4.23. The van der Waals surface area contributed by atoms with Gasteiger partial charge in [-0.15, -0.1) is 0 Å². The maximum absolute atomic E-state index is 12.0. The van der Waals surface area contributed by atoms with Crippen LogP contribution in [0, 0.1) is 19.9 Å². The Balaban J connectivity index is 2.04. The van der Waals surface area contributed by atoms with Gasteiger partial charge in [0.25, 0.3) is 0 Å². The van der Waals surface area contributed by atoms with Crippen LogP contribution in [0.1, 0.15) is 39.5 Å². The normalized spacial score (nSPS) is 11.4. The van der Waals surface area contributed by atoms with E-state index in [-0.39, 0.29) is 0 Å². The molecule has 0 fully saturated rings. The molecule has 0 unspecified atom stereocenters. The fourth-order valence-corrected chi connectivity index (χ4v) is 3.87. The molecule has 1 aromatic heterocycles. The van der Waals surface area contributed by atoms with Gasteiger partial charge in [-0.2, -0.15) is 0 Å². The Labute approximate surface area is 159 Å². The van der Waals surface area contributed by atoms with Crippen LogP contribution in [0.4, 0.5) is 0 Å². The van der Waals surface area contributed by atoms with E-state index in [1.807, 2.05) is 12.1 Å². The largest absolute Gasteiger partial charge is 0.366 e. The van der Waals surface area contributed by atoms with Crippen LogP contribution in [-0.4, -0.2) is 10.5 Å². The van der Waals surface area contributed by atoms with Crippen molar-refractivity contribution < 1.29 is 4.79 Å². The molecule has 2 N–H and O–H groups in total. The first kappa shape index (κ1) is 17.3. The molecule has 4 aromatic rings. The summed E-state index contributed by atoms with van der Waals surface area (Å²) in [6.07, 6.45) is 0.945. The predicted molar refractivity (Wildman–Crippen MR) is 111 cm³/mol. The molecule has 1 amide bonds. The van der Waals surface area contributed by atoms with Crippen molar-refractivity contribution in [2.75, 3.05) is 0 Å². The number of nitrogens with zero attached hydrogens (tertiary/aromatic N) is 1. The molecule has 0 saturated heterocycles. The zero-order chi connectivity index (χ0) is 19.1. The van der Waals surface area contributed by atoms with Crippen molar-refractivity contribution in [1.29, 1.82) is 0 Å². The molecule has 0 aliphatic rings. The number of rotatable bonds is 4. The standard InChI is InChI=1S/C24H23N2O/c1-4-17-9-11-19-22(13-17)26(14-18-10-8-15(2)12-16(18)3)21-7-5-6-20(23(19)21)24(25)27/h5-10,12-13H,4,14H2,1-3H3,(H2,25,27). The molecule has 1 heterocycles. The van der Waals surface area contributed by atoms with Crippen molar-refractivity contribution >= 4 is 27.7 Å². The highest BCUT2D eigenvalue weighted by molar-refractivity contribution is 6.17. The Hall–Kier alpha value is -3.07. The Bertz CT molecular complexity index is 1180. The van der Waals surface area contributed by atoms with Crippen molar-refractivity contribution in [3.8, 4) is 0 Å². The van der Waals surface area contributed by atoms with Gasteiger partial charge in [-0.3, -0.25) is 4.79 Å². The minimum Gasteiger partial charge on any atom is -0.366 e. The first-order valence-electron chi connectivity index (χ1n) is 9.31. The molecule has 4 rings (SSSR count). The lowest BCUT2D eigenvalue weighted by Crippen LogP contribution is -2.11. The molecule has 3 nitrogen and oxygen atoms in total. The molecule has 0 atom stereocenters. The van der Waals surface area contributed by atoms with E-state index in [1.54, 1.807) is 6.07 Å². The minimum atomic E-state index is -0.404. The van der Waals surface area contributed by atoms with Crippen LogP contribution >= 0.6 is 0 Å². The van der Waals surface area contributed by atoms with Crippen molar-refractivity contribution in [3.05, 3.63) is 82.4 Å². The Morgan fingerprint density at radius 2 is 1.93 bits per heavy atom. The van der Waals surface area contributed by atoms with E-state index in [2.05, 4.69) is 61.7 Å². The summed E-state index contributed by atoms with van der Waals surface area (Å²) in [5.41, 5.74) is 13.4. The number of benzene rings is 3. The van der Waals surface area contributed by atoms with Gasteiger partial charge in [-0.1, -0.05) is 42.8 Å². The van der Waals surface area contributed by atoms with Crippen molar-refractivity contribution in [2.45, 2.75) is 33.7 Å². The minimum absolute atomic E-state index is 0.404. The zero-order valence-corrected chi connectivity index (χ0v) is 16.0. The summed E-state index contributed by atoms with van der Waals surface area (Å²) in [6.45, 7) is 7.14. The van der Waals surface area contributed by atoms with Crippen LogP contribution in [0.15, 0.2) is 48.5 Å². The van der Waals surface area contributed by atoms with Gasteiger partial charge in [0, 0.05) is 22.9 Å². The summed E-state index contributed by atoms with van der Waals surface area (Å²) in [7, 11) is 0. The van der Waals surface area contributed by atoms with Crippen molar-refractivity contribution in [3.63, 3.8) is 0 Å². The second kappa shape index (κ2) is 6.58. The molecular weight excluding hydrogens is 332 g/mol. The lowest BCUT2D eigenvalue weighted by Gasteiger charge is -2.12. The quantitative estimate of drug-likeness (QED) is 0.555. The third-order valence-electron chi connectivity index (χ3n) is 5.35. The molecule has 1 radical (unpaired) electrons. The summed E-state index contributed by atoms with van der Waals surface area (Å²) >= 11 is 0. The van der Waals surface area contributed by atoms with Gasteiger partial charge in [0.15, 0.2) is 0 Å². The molecule has 0 aliphatic carbocycles. The van der Waals surface area contributed by atoms with Gasteiger partial charge in [-0.25, -0.2) is 0 Å². The van der Waals surface area contributed by atoms with Gasteiger partial charge >= 0.3 is 0 Å². The lowest BCUT2D eigenvalue weighted by atomic mass is 10.0. The molecule has 0 bridgehead atoms. The number of hydrogen-bond acceptors (Lipinski definition) is 1. The SMILES string of the molecule is CCc1c[c]c2c3c(C(N)=O)cccc3n(Cc3ccc(C)cc3C)c2c1. The number of primary amides is 1. The highest BCUT2D eigenvalue weighted by Gasteiger charge is 2.17. The number of aromatic nitrogens is 1. The van der Waals surface area contributed by atoms with Crippen molar-refractivity contribution in [2.24, 2.45) is 5.73 Å². The molecular formula is C24H23N2O. The van der Waals surface area contributed by atoms with Crippen LogP contribution in [0.2, 0.25) is 0 Å². The number of fused-ring (bicyclic) bond motifs is 3. The van der Waals surface area contributed by atoms with Crippen LogP contribution < -0.4 is 5.73 Å². The van der Waals surface area contributed by atoms with E-state index in [0.717, 1.165) is 34.8 Å². The number of carbonyl (C=O) groups excluding carboxylic acids is 1.